The second kappa shape index (κ2) is 6.32. The van der Waals surface area contributed by atoms with E-state index < -0.39 is 6.10 Å². The second-order valence-electron chi connectivity index (χ2n) is 1.92. The zero-order valence-electron chi connectivity index (χ0n) is 5.99. The summed E-state index contributed by atoms with van der Waals surface area (Å²) in [5, 5.41) is 16.0. The van der Waals surface area contributed by atoms with Crippen LogP contribution >= 0.6 is 0 Å². The maximum atomic E-state index is 8.11. The van der Waals surface area contributed by atoms with Gasteiger partial charge in [0.25, 0.3) is 0 Å². The number of aromatic amines is 1. The maximum Gasteiger partial charge on any atom is 0.0742 e. The lowest BCUT2D eigenvalue weighted by atomic mass is 10.5. The predicted molar refractivity (Wildman–Crippen MR) is 39.6 cm³/mol. The minimum atomic E-state index is -0.560. The summed E-state index contributed by atoms with van der Waals surface area (Å²) in [7, 11) is 0. The van der Waals surface area contributed by atoms with Gasteiger partial charge in [0, 0.05) is 12.4 Å². The molecule has 0 bridgehead atoms. The lowest BCUT2D eigenvalue weighted by Gasteiger charge is -1.90. The standard InChI is InChI=1S/C4H5N.C3H8O2/c1-2-4-5-3-1;1-3(5)2-4/h1-5H;3-5H,2H2,1H3. The molecule has 0 saturated heterocycles. The lowest BCUT2D eigenvalue weighted by Crippen LogP contribution is -2.03. The van der Waals surface area contributed by atoms with E-state index >= 15 is 0 Å². The van der Waals surface area contributed by atoms with Crippen LogP contribution in [-0.2, 0) is 0 Å². The summed E-state index contributed by atoms with van der Waals surface area (Å²) < 4.78 is 0. The zero-order valence-corrected chi connectivity index (χ0v) is 5.99. The van der Waals surface area contributed by atoms with Gasteiger partial charge in [0.2, 0.25) is 0 Å². The first-order valence-corrected chi connectivity index (χ1v) is 3.14. The Morgan fingerprint density at radius 2 is 1.80 bits per heavy atom. The van der Waals surface area contributed by atoms with Crippen molar-refractivity contribution in [2.45, 2.75) is 13.0 Å². The third kappa shape index (κ3) is 7.20. The molecule has 0 spiro atoms. The second-order valence-corrected chi connectivity index (χ2v) is 1.92. The summed E-state index contributed by atoms with van der Waals surface area (Å²) in [6.07, 6.45) is 3.19. The largest absolute Gasteiger partial charge is 0.394 e. The van der Waals surface area contributed by atoms with Crippen LogP contribution < -0.4 is 0 Å². The number of nitrogens with one attached hydrogen (secondary N) is 1. The maximum absolute atomic E-state index is 8.11. The van der Waals surface area contributed by atoms with Gasteiger partial charge in [-0.1, -0.05) is 0 Å². The number of hydrogen-bond acceptors (Lipinski definition) is 2. The molecule has 0 aliphatic heterocycles. The normalized spacial score (nSPS) is 11.5. The van der Waals surface area contributed by atoms with Crippen LogP contribution in [0.1, 0.15) is 6.92 Å². The van der Waals surface area contributed by atoms with Crippen LogP contribution in [0.15, 0.2) is 24.5 Å². The van der Waals surface area contributed by atoms with Crippen molar-refractivity contribution in [3.8, 4) is 0 Å². The average Bonchev–Trinajstić information content (AvgIpc) is 2.43. The molecule has 1 heterocycles. The van der Waals surface area contributed by atoms with Gasteiger partial charge in [0.05, 0.1) is 12.7 Å². The number of hydrogen-bond donors (Lipinski definition) is 3. The quantitative estimate of drug-likeness (QED) is 0.532. The first kappa shape index (κ1) is 9.20. The van der Waals surface area contributed by atoms with Crippen molar-refractivity contribution in [1.29, 1.82) is 0 Å². The summed E-state index contributed by atoms with van der Waals surface area (Å²) in [5.74, 6) is 0. The van der Waals surface area contributed by atoms with Gasteiger partial charge < -0.3 is 15.2 Å². The first-order chi connectivity index (χ1) is 4.77. The molecule has 3 N–H and O–H groups in total. The lowest BCUT2D eigenvalue weighted by molar-refractivity contribution is 0.110. The molecule has 1 rings (SSSR count). The molecule has 3 heteroatoms. The fourth-order valence-electron chi connectivity index (χ4n) is 0.278. The van der Waals surface area contributed by atoms with Gasteiger partial charge >= 0.3 is 0 Å². The summed E-state index contributed by atoms with van der Waals surface area (Å²) in [6.45, 7) is 1.39. The Morgan fingerprint density at radius 1 is 1.40 bits per heavy atom. The Labute approximate surface area is 60.3 Å². The summed E-state index contributed by atoms with van der Waals surface area (Å²) in [6, 6.07) is 3.89. The van der Waals surface area contributed by atoms with Crippen molar-refractivity contribution < 1.29 is 10.2 Å². The minimum Gasteiger partial charge on any atom is -0.394 e. The van der Waals surface area contributed by atoms with E-state index in [2.05, 4.69) is 4.98 Å². The molecule has 0 aromatic carbocycles. The van der Waals surface area contributed by atoms with Crippen LogP contribution in [0.5, 0.6) is 0 Å². The predicted octanol–water partition coefficient (Wildman–Crippen LogP) is 0.374. The van der Waals surface area contributed by atoms with Gasteiger partial charge in [0.15, 0.2) is 0 Å². The highest BCUT2D eigenvalue weighted by atomic mass is 16.3. The molecule has 0 radical (unpaired) electrons. The van der Waals surface area contributed by atoms with Crippen molar-refractivity contribution in [2.24, 2.45) is 0 Å². The fraction of sp³-hybridized carbons (Fsp3) is 0.429. The summed E-state index contributed by atoms with van der Waals surface area (Å²) in [5.41, 5.74) is 0. The highest BCUT2D eigenvalue weighted by Crippen LogP contribution is 1.72. The van der Waals surface area contributed by atoms with Gasteiger partial charge in [-0.3, -0.25) is 0 Å². The van der Waals surface area contributed by atoms with E-state index in [9.17, 15) is 0 Å². The Bertz CT molecular complexity index is 109. The average molecular weight is 143 g/mol. The molecule has 1 atom stereocenters. The van der Waals surface area contributed by atoms with Crippen LogP contribution in [0, 0.1) is 0 Å². The summed E-state index contributed by atoms with van der Waals surface area (Å²) >= 11 is 0. The van der Waals surface area contributed by atoms with E-state index in [1.54, 1.807) is 0 Å². The van der Waals surface area contributed by atoms with Crippen molar-refractivity contribution in [1.82, 2.24) is 4.98 Å². The Morgan fingerprint density at radius 3 is 1.90 bits per heavy atom. The van der Waals surface area contributed by atoms with E-state index in [0.29, 0.717) is 0 Å². The zero-order chi connectivity index (χ0) is 7.82. The Balaban J connectivity index is 0.000000162. The molecule has 0 amide bonds. The van der Waals surface area contributed by atoms with Crippen LogP contribution in [0.2, 0.25) is 0 Å². The number of H-pyrrole nitrogens is 1. The van der Waals surface area contributed by atoms with Crippen molar-refractivity contribution in [3.05, 3.63) is 24.5 Å². The SMILES string of the molecule is CC(O)CO.c1cc[nH]c1. The van der Waals surface area contributed by atoms with E-state index in [-0.39, 0.29) is 6.61 Å². The topological polar surface area (TPSA) is 56.2 Å². The van der Waals surface area contributed by atoms with Gasteiger partial charge in [-0.2, -0.15) is 0 Å². The van der Waals surface area contributed by atoms with Gasteiger partial charge in [-0.05, 0) is 19.1 Å². The van der Waals surface area contributed by atoms with E-state index in [1.807, 2.05) is 24.5 Å². The van der Waals surface area contributed by atoms with Crippen molar-refractivity contribution >= 4 is 0 Å². The van der Waals surface area contributed by atoms with Crippen molar-refractivity contribution in [3.63, 3.8) is 0 Å². The van der Waals surface area contributed by atoms with E-state index in [4.69, 9.17) is 10.2 Å². The van der Waals surface area contributed by atoms with E-state index in [0.717, 1.165) is 0 Å². The van der Waals surface area contributed by atoms with E-state index in [1.165, 1.54) is 6.92 Å². The van der Waals surface area contributed by atoms with Gasteiger partial charge in [0.1, 0.15) is 0 Å². The molecule has 10 heavy (non-hydrogen) atoms. The monoisotopic (exact) mass is 143 g/mol. The molecule has 58 valence electrons. The van der Waals surface area contributed by atoms with Crippen LogP contribution in [0.25, 0.3) is 0 Å². The molecule has 0 aliphatic carbocycles. The number of rotatable bonds is 1. The number of aliphatic hydroxyl groups is 2. The third-order valence-electron chi connectivity index (χ3n) is 0.760. The molecule has 1 unspecified atom stereocenters. The molecular formula is C7H13NO2. The molecule has 3 nitrogen and oxygen atoms in total. The molecule has 0 saturated carbocycles. The molecule has 0 fully saturated rings. The number of aromatic nitrogens is 1. The third-order valence-corrected chi connectivity index (χ3v) is 0.760. The molecule has 0 aliphatic rings. The molecule has 1 aromatic heterocycles. The highest BCUT2D eigenvalue weighted by molar-refractivity contribution is 4.84. The smallest absolute Gasteiger partial charge is 0.0742 e. The van der Waals surface area contributed by atoms with Gasteiger partial charge in [-0.25, -0.2) is 0 Å². The fourth-order valence-corrected chi connectivity index (χ4v) is 0.278. The van der Waals surface area contributed by atoms with Crippen LogP contribution in [0.3, 0.4) is 0 Å². The molecule has 1 aromatic rings. The number of aliphatic hydroxyl groups excluding tert-OH is 2. The van der Waals surface area contributed by atoms with Crippen molar-refractivity contribution in [2.75, 3.05) is 6.61 Å². The van der Waals surface area contributed by atoms with Gasteiger partial charge in [-0.15, -0.1) is 0 Å². The van der Waals surface area contributed by atoms with Crippen LogP contribution in [0.4, 0.5) is 0 Å². The summed E-state index contributed by atoms with van der Waals surface area (Å²) in [4.78, 5) is 2.86. The Kier molecular flexibility index (Phi) is 5.82. The Hall–Kier alpha value is -0.800. The van der Waals surface area contributed by atoms with Crippen LogP contribution in [-0.4, -0.2) is 27.9 Å². The minimum absolute atomic E-state index is 0.139. The highest BCUT2D eigenvalue weighted by Gasteiger charge is 1.83. The first-order valence-electron chi connectivity index (χ1n) is 3.14. The molecular weight excluding hydrogens is 130 g/mol.